The van der Waals surface area contributed by atoms with E-state index in [1.807, 2.05) is 67.8 Å². The van der Waals surface area contributed by atoms with E-state index in [1.54, 1.807) is 4.90 Å². The highest BCUT2D eigenvalue weighted by Gasteiger charge is 2.35. The van der Waals surface area contributed by atoms with Crippen molar-refractivity contribution in [2.45, 2.75) is 31.1 Å². The molecule has 0 aliphatic carbocycles. The van der Waals surface area contributed by atoms with E-state index in [2.05, 4.69) is 15.2 Å². The largest absolute Gasteiger partial charge is 0.447 e. The summed E-state index contributed by atoms with van der Waals surface area (Å²) in [5.41, 5.74) is 2.95. The molecule has 1 aromatic heterocycles. The molecule has 0 unspecified atom stereocenters. The van der Waals surface area contributed by atoms with E-state index >= 15 is 0 Å². The minimum Gasteiger partial charge on any atom is -0.447 e. The number of ether oxygens (including phenoxy) is 1. The number of hydrogen-bond donors (Lipinski definition) is 0. The van der Waals surface area contributed by atoms with Gasteiger partial charge in [0.15, 0.2) is 5.69 Å². The molecule has 142 valence electrons. The highest BCUT2D eigenvalue weighted by atomic mass is 32.2. The third-order valence-electron chi connectivity index (χ3n) is 4.51. The molecule has 28 heavy (non-hydrogen) atoms. The molecule has 1 atom stereocenters. The Morgan fingerprint density at radius 3 is 2.61 bits per heavy atom. The number of carbonyl (C=O) groups excluding carboxylic acids is 1. The molecule has 0 bridgehead atoms. The number of thioether (sulfide) groups is 1. The quantitative estimate of drug-likeness (QED) is 0.610. The van der Waals surface area contributed by atoms with Gasteiger partial charge in [0.2, 0.25) is 23.2 Å². The number of aromatic nitrogens is 3. The highest BCUT2D eigenvalue weighted by Crippen LogP contribution is 2.43. The zero-order valence-electron chi connectivity index (χ0n) is 15.7. The van der Waals surface area contributed by atoms with Gasteiger partial charge in [-0.05, 0) is 18.7 Å². The van der Waals surface area contributed by atoms with Gasteiger partial charge in [0.05, 0.1) is 5.69 Å². The number of nitrogens with zero attached hydrogens (tertiary/aromatic N) is 4. The Morgan fingerprint density at radius 2 is 1.86 bits per heavy atom. The Bertz CT molecular complexity index is 997. The minimum atomic E-state index is -0.631. The predicted octanol–water partition coefficient (Wildman–Crippen LogP) is 4.48. The first-order chi connectivity index (χ1) is 13.7. The number of benzene rings is 2. The third-order valence-corrected chi connectivity index (χ3v) is 5.05. The van der Waals surface area contributed by atoms with E-state index in [-0.39, 0.29) is 5.91 Å². The topological polar surface area (TPSA) is 68.2 Å². The van der Waals surface area contributed by atoms with Crippen LogP contribution in [0, 0.1) is 0 Å². The third kappa shape index (κ3) is 3.33. The summed E-state index contributed by atoms with van der Waals surface area (Å²) in [5.74, 6) is 0.377. The maximum absolute atomic E-state index is 13.2. The number of amides is 1. The summed E-state index contributed by atoms with van der Waals surface area (Å²) in [6.07, 6.45) is 2.43. The van der Waals surface area contributed by atoms with Gasteiger partial charge in [0, 0.05) is 17.5 Å². The van der Waals surface area contributed by atoms with Crippen LogP contribution in [0.5, 0.6) is 5.88 Å². The Morgan fingerprint density at radius 1 is 1.11 bits per heavy atom. The van der Waals surface area contributed by atoms with Crippen molar-refractivity contribution in [2.24, 2.45) is 0 Å². The van der Waals surface area contributed by atoms with E-state index < -0.39 is 6.23 Å². The molecule has 7 heteroatoms. The second-order valence-corrected chi connectivity index (χ2v) is 7.14. The fourth-order valence-corrected chi connectivity index (χ4v) is 3.54. The molecule has 0 spiro atoms. The van der Waals surface area contributed by atoms with Crippen LogP contribution >= 0.6 is 11.8 Å². The number of carbonyl (C=O) groups is 1. The van der Waals surface area contributed by atoms with Gasteiger partial charge in [-0.3, -0.25) is 9.69 Å². The van der Waals surface area contributed by atoms with Crippen molar-refractivity contribution >= 4 is 23.4 Å². The lowest BCUT2D eigenvalue weighted by atomic mass is 10.1. The van der Waals surface area contributed by atoms with Crippen molar-refractivity contribution in [1.29, 1.82) is 0 Å². The van der Waals surface area contributed by atoms with Crippen molar-refractivity contribution in [3.05, 3.63) is 60.2 Å². The molecule has 4 rings (SSSR count). The van der Waals surface area contributed by atoms with Gasteiger partial charge in [0.1, 0.15) is 0 Å². The monoisotopic (exact) mass is 392 g/mol. The molecule has 2 aromatic carbocycles. The summed E-state index contributed by atoms with van der Waals surface area (Å²) in [7, 11) is 0. The van der Waals surface area contributed by atoms with Crippen molar-refractivity contribution in [3.8, 4) is 17.1 Å². The molecular formula is C21H20N4O2S. The fourth-order valence-electron chi connectivity index (χ4n) is 3.24. The van der Waals surface area contributed by atoms with E-state index in [1.165, 1.54) is 11.8 Å². The van der Waals surface area contributed by atoms with Crippen LogP contribution in [0.3, 0.4) is 0 Å². The van der Waals surface area contributed by atoms with Gasteiger partial charge in [0.25, 0.3) is 0 Å². The van der Waals surface area contributed by atoms with E-state index in [4.69, 9.17) is 4.74 Å². The van der Waals surface area contributed by atoms with Crippen molar-refractivity contribution in [2.75, 3.05) is 11.2 Å². The second-order valence-electron chi connectivity index (χ2n) is 6.36. The molecule has 0 radical (unpaired) electrons. The molecule has 3 aromatic rings. The van der Waals surface area contributed by atoms with Crippen LogP contribution in [0.1, 0.15) is 31.6 Å². The second kappa shape index (κ2) is 7.98. The van der Waals surface area contributed by atoms with Crippen LogP contribution in [0.2, 0.25) is 0 Å². The molecule has 1 aliphatic rings. The summed E-state index contributed by atoms with van der Waals surface area (Å²) in [5, 5.41) is 9.06. The molecular weight excluding hydrogens is 372 g/mol. The summed E-state index contributed by atoms with van der Waals surface area (Å²) in [6.45, 7) is 1.99. The van der Waals surface area contributed by atoms with Crippen LogP contribution in [-0.2, 0) is 4.79 Å². The van der Waals surface area contributed by atoms with Gasteiger partial charge < -0.3 is 4.74 Å². The standard InChI is InChI=1S/C21H20N4O2S/c1-3-9-17(26)25-16-13-8-7-12-15(16)18-19(22-21(28-2)24-23-18)27-20(25)14-10-5-4-6-11-14/h4-8,10-13,20H,3,9H2,1-2H3/t20-/m1/s1. The Kier molecular flexibility index (Phi) is 5.25. The lowest BCUT2D eigenvalue weighted by Gasteiger charge is -2.30. The van der Waals surface area contributed by atoms with Gasteiger partial charge in [-0.2, -0.15) is 4.98 Å². The Balaban J connectivity index is 1.95. The molecule has 1 aliphatic heterocycles. The lowest BCUT2D eigenvalue weighted by Crippen LogP contribution is -2.37. The molecule has 2 heterocycles. The number of rotatable bonds is 4. The number of fused-ring (bicyclic) bond motifs is 3. The zero-order valence-corrected chi connectivity index (χ0v) is 16.5. The van der Waals surface area contributed by atoms with Gasteiger partial charge in [-0.15, -0.1) is 10.2 Å². The van der Waals surface area contributed by atoms with Crippen molar-refractivity contribution in [3.63, 3.8) is 0 Å². The van der Waals surface area contributed by atoms with E-state index in [0.717, 1.165) is 23.2 Å². The molecule has 1 amide bonds. The van der Waals surface area contributed by atoms with Crippen LogP contribution in [0.15, 0.2) is 59.8 Å². The molecule has 6 nitrogen and oxygen atoms in total. The van der Waals surface area contributed by atoms with Crippen molar-refractivity contribution < 1.29 is 9.53 Å². The van der Waals surface area contributed by atoms with E-state index in [9.17, 15) is 4.79 Å². The van der Waals surface area contributed by atoms with Gasteiger partial charge in [-0.25, -0.2) is 0 Å². The molecule has 0 fully saturated rings. The summed E-state index contributed by atoms with van der Waals surface area (Å²) in [6, 6.07) is 17.4. The van der Waals surface area contributed by atoms with Crippen LogP contribution in [0.4, 0.5) is 5.69 Å². The van der Waals surface area contributed by atoms with Crippen LogP contribution in [0.25, 0.3) is 11.3 Å². The first-order valence-electron chi connectivity index (χ1n) is 9.14. The first-order valence-corrected chi connectivity index (χ1v) is 10.4. The average molecular weight is 392 g/mol. The van der Waals surface area contributed by atoms with E-state index in [0.29, 0.717) is 23.2 Å². The zero-order chi connectivity index (χ0) is 19.5. The first kappa shape index (κ1) is 18.4. The Labute approximate surface area is 168 Å². The smallest absolute Gasteiger partial charge is 0.247 e. The van der Waals surface area contributed by atoms with Gasteiger partial charge in [-0.1, -0.05) is 67.2 Å². The maximum atomic E-state index is 13.2. The number of para-hydroxylation sites is 1. The van der Waals surface area contributed by atoms with Crippen LogP contribution in [-0.4, -0.2) is 27.3 Å². The maximum Gasteiger partial charge on any atom is 0.247 e. The fraction of sp³-hybridized carbons (Fsp3) is 0.238. The number of anilines is 1. The SMILES string of the molecule is CCCC(=O)N1c2ccccc2-c2nnc(SC)nc2O[C@@H]1c1ccccc1. The summed E-state index contributed by atoms with van der Waals surface area (Å²) in [4.78, 5) is 19.4. The Hall–Kier alpha value is -2.93. The summed E-state index contributed by atoms with van der Waals surface area (Å²) >= 11 is 1.40. The molecule has 0 saturated carbocycles. The molecule has 0 N–H and O–H groups in total. The normalized spacial score (nSPS) is 15.2. The summed E-state index contributed by atoms with van der Waals surface area (Å²) < 4.78 is 6.33. The predicted molar refractivity (Wildman–Crippen MR) is 109 cm³/mol. The molecule has 0 saturated heterocycles. The number of hydrogen-bond acceptors (Lipinski definition) is 6. The minimum absolute atomic E-state index is 0.00495. The van der Waals surface area contributed by atoms with Gasteiger partial charge >= 0.3 is 0 Å². The van der Waals surface area contributed by atoms with Crippen LogP contribution < -0.4 is 9.64 Å². The van der Waals surface area contributed by atoms with Crippen molar-refractivity contribution in [1.82, 2.24) is 15.2 Å². The average Bonchev–Trinajstić information content (AvgIpc) is 2.88. The lowest BCUT2D eigenvalue weighted by molar-refractivity contribution is -0.120. The highest BCUT2D eigenvalue weighted by molar-refractivity contribution is 7.98.